The number of halogens is 3. The van der Waals surface area contributed by atoms with Crippen molar-refractivity contribution in [3.8, 4) is 0 Å². The molecule has 1 heterocycles. The van der Waals surface area contributed by atoms with Crippen molar-refractivity contribution in [3.05, 3.63) is 33.3 Å². The van der Waals surface area contributed by atoms with Gasteiger partial charge in [0, 0.05) is 22.2 Å². The average molecular weight is 340 g/mol. The zero-order valence-corrected chi connectivity index (χ0v) is 13.3. The first-order valence-corrected chi connectivity index (χ1v) is 6.90. The van der Waals surface area contributed by atoms with Crippen LogP contribution in [-0.4, -0.2) is 36.2 Å². The summed E-state index contributed by atoms with van der Waals surface area (Å²) in [4.78, 5) is 12.1. The number of rotatable bonds is 2. The second-order valence-corrected chi connectivity index (χ2v) is 5.52. The standard InChI is InChI=1S/C13H16Cl2N2O2.ClH/c1-7-9(14)4-8(5-10(7)15)13(19)17-11-6-16-3-2-12(11)18;/h4-5,11-12,16,18H,2-3,6H2,1H3,(H,17,19);1H/t11-,12-;/m1./s1. The molecule has 2 rings (SSSR count). The molecule has 1 amide bonds. The van der Waals surface area contributed by atoms with E-state index in [2.05, 4.69) is 10.6 Å². The van der Waals surface area contributed by atoms with Crippen LogP contribution in [0.25, 0.3) is 0 Å². The molecule has 1 saturated heterocycles. The molecule has 0 unspecified atom stereocenters. The molecule has 0 bridgehead atoms. The van der Waals surface area contributed by atoms with Gasteiger partial charge in [-0.15, -0.1) is 12.4 Å². The molecule has 1 fully saturated rings. The van der Waals surface area contributed by atoms with Crippen LogP contribution in [0.2, 0.25) is 10.0 Å². The Morgan fingerprint density at radius 2 is 2.00 bits per heavy atom. The Bertz CT molecular complexity index is 473. The maximum absolute atomic E-state index is 12.1. The molecule has 1 aliphatic heterocycles. The van der Waals surface area contributed by atoms with E-state index in [1.165, 1.54) is 0 Å². The lowest BCUT2D eigenvalue weighted by atomic mass is 10.0. The molecule has 0 spiro atoms. The normalized spacial score (nSPS) is 22.0. The summed E-state index contributed by atoms with van der Waals surface area (Å²) in [5.74, 6) is -0.281. The molecular weight excluding hydrogens is 323 g/mol. The summed E-state index contributed by atoms with van der Waals surface area (Å²) in [6, 6.07) is 2.88. The monoisotopic (exact) mass is 338 g/mol. The Kier molecular flexibility index (Phi) is 6.55. The summed E-state index contributed by atoms with van der Waals surface area (Å²) >= 11 is 12.0. The van der Waals surface area contributed by atoms with E-state index in [4.69, 9.17) is 23.2 Å². The van der Waals surface area contributed by atoms with Gasteiger partial charge in [0.2, 0.25) is 0 Å². The van der Waals surface area contributed by atoms with Gasteiger partial charge < -0.3 is 15.7 Å². The number of piperidine rings is 1. The number of hydrogen-bond donors (Lipinski definition) is 3. The van der Waals surface area contributed by atoms with Gasteiger partial charge in [0.1, 0.15) is 0 Å². The predicted octanol–water partition coefficient (Wildman–Crippen LogP) is 2.18. The minimum Gasteiger partial charge on any atom is -0.391 e. The molecule has 112 valence electrons. The van der Waals surface area contributed by atoms with Crippen LogP contribution in [0.3, 0.4) is 0 Å². The highest BCUT2D eigenvalue weighted by molar-refractivity contribution is 6.36. The van der Waals surface area contributed by atoms with E-state index < -0.39 is 6.10 Å². The van der Waals surface area contributed by atoms with Crippen molar-refractivity contribution in [3.63, 3.8) is 0 Å². The molecular formula is C13H17Cl3N2O2. The van der Waals surface area contributed by atoms with E-state index in [0.29, 0.717) is 28.6 Å². The Morgan fingerprint density at radius 1 is 1.40 bits per heavy atom. The van der Waals surface area contributed by atoms with Crippen molar-refractivity contribution in [2.24, 2.45) is 0 Å². The Hall–Kier alpha value is -0.520. The second kappa shape index (κ2) is 7.48. The van der Waals surface area contributed by atoms with Gasteiger partial charge in [-0.25, -0.2) is 0 Å². The summed E-state index contributed by atoms with van der Waals surface area (Å²) in [7, 11) is 0. The topological polar surface area (TPSA) is 61.4 Å². The van der Waals surface area contributed by atoms with Crippen LogP contribution >= 0.6 is 35.6 Å². The summed E-state index contributed by atoms with van der Waals surface area (Å²) in [6.45, 7) is 3.11. The summed E-state index contributed by atoms with van der Waals surface area (Å²) < 4.78 is 0. The molecule has 4 nitrogen and oxygen atoms in total. The largest absolute Gasteiger partial charge is 0.391 e. The number of aliphatic hydroxyl groups is 1. The van der Waals surface area contributed by atoms with Crippen molar-refractivity contribution in [2.75, 3.05) is 13.1 Å². The van der Waals surface area contributed by atoms with Gasteiger partial charge in [-0.05, 0) is 37.6 Å². The minimum absolute atomic E-state index is 0. The van der Waals surface area contributed by atoms with Gasteiger partial charge in [-0.2, -0.15) is 0 Å². The van der Waals surface area contributed by atoms with Gasteiger partial charge in [0.25, 0.3) is 5.91 Å². The number of carbonyl (C=O) groups excluding carboxylic acids is 1. The molecule has 3 N–H and O–H groups in total. The van der Waals surface area contributed by atoms with E-state index in [1.54, 1.807) is 19.1 Å². The lowest BCUT2D eigenvalue weighted by Gasteiger charge is -2.29. The third kappa shape index (κ3) is 3.99. The van der Waals surface area contributed by atoms with E-state index in [-0.39, 0.29) is 24.4 Å². The van der Waals surface area contributed by atoms with Crippen molar-refractivity contribution < 1.29 is 9.90 Å². The molecule has 7 heteroatoms. The fourth-order valence-corrected chi connectivity index (χ4v) is 2.51. The first-order chi connectivity index (χ1) is 8.99. The number of aliphatic hydroxyl groups excluding tert-OH is 1. The molecule has 0 aromatic heterocycles. The van der Waals surface area contributed by atoms with Crippen molar-refractivity contribution in [1.82, 2.24) is 10.6 Å². The molecule has 0 aliphatic carbocycles. The number of nitrogens with one attached hydrogen (secondary N) is 2. The molecule has 1 aromatic rings. The van der Waals surface area contributed by atoms with Gasteiger partial charge in [-0.1, -0.05) is 23.2 Å². The number of amides is 1. The van der Waals surface area contributed by atoms with Crippen LogP contribution in [0, 0.1) is 6.92 Å². The number of benzene rings is 1. The predicted molar refractivity (Wildman–Crippen MR) is 83.2 cm³/mol. The third-order valence-electron chi connectivity index (χ3n) is 3.31. The maximum atomic E-state index is 12.1. The third-order valence-corrected chi connectivity index (χ3v) is 4.09. The van der Waals surface area contributed by atoms with E-state index >= 15 is 0 Å². The van der Waals surface area contributed by atoms with Crippen LogP contribution in [0.15, 0.2) is 12.1 Å². The molecule has 20 heavy (non-hydrogen) atoms. The quantitative estimate of drug-likeness (QED) is 0.774. The lowest BCUT2D eigenvalue weighted by Crippen LogP contribution is -2.53. The fraction of sp³-hybridized carbons (Fsp3) is 0.462. The maximum Gasteiger partial charge on any atom is 0.251 e. The highest BCUT2D eigenvalue weighted by atomic mass is 35.5. The zero-order chi connectivity index (χ0) is 14.0. The first kappa shape index (κ1) is 17.5. The molecule has 1 aliphatic rings. The summed E-state index contributed by atoms with van der Waals surface area (Å²) in [5.41, 5.74) is 1.15. The minimum atomic E-state index is -0.526. The van der Waals surface area contributed by atoms with E-state index in [9.17, 15) is 9.90 Å². The van der Waals surface area contributed by atoms with Gasteiger partial charge in [0.15, 0.2) is 0 Å². The van der Waals surface area contributed by atoms with Crippen LogP contribution < -0.4 is 10.6 Å². The fourth-order valence-electron chi connectivity index (χ4n) is 2.02. The van der Waals surface area contributed by atoms with Crippen molar-refractivity contribution in [2.45, 2.75) is 25.5 Å². The number of hydrogen-bond acceptors (Lipinski definition) is 3. The lowest BCUT2D eigenvalue weighted by molar-refractivity contribution is 0.0755. The van der Waals surface area contributed by atoms with Crippen LogP contribution in [-0.2, 0) is 0 Å². The second-order valence-electron chi connectivity index (χ2n) is 4.70. The SMILES string of the molecule is Cc1c(Cl)cc(C(=O)N[C@@H]2CNCC[C@H]2O)cc1Cl.Cl. The van der Waals surface area contributed by atoms with Crippen molar-refractivity contribution in [1.29, 1.82) is 0 Å². The van der Waals surface area contributed by atoms with Gasteiger partial charge in [0.05, 0.1) is 12.1 Å². The van der Waals surface area contributed by atoms with Crippen LogP contribution in [0.5, 0.6) is 0 Å². The smallest absolute Gasteiger partial charge is 0.251 e. The highest BCUT2D eigenvalue weighted by Crippen LogP contribution is 2.25. The van der Waals surface area contributed by atoms with Gasteiger partial charge in [-0.3, -0.25) is 4.79 Å². The van der Waals surface area contributed by atoms with Crippen LogP contribution in [0.4, 0.5) is 0 Å². The molecule has 2 atom stereocenters. The zero-order valence-electron chi connectivity index (χ0n) is 11.0. The Morgan fingerprint density at radius 3 is 2.55 bits per heavy atom. The highest BCUT2D eigenvalue weighted by Gasteiger charge is 2.25. The van der Waals surface area contributed by atoms with E-state index in [1.807, 2.05) is 0 Å². The molecule has 0 saturated carbocycles. The number of carbonyl (C=O) groups is 1. The summed E-state index contributed by atoms with van der Waals surface area (Å²) in [6.07, 6.45) is 0.0991. The summed E-state index contributed by atoms with van der Waals surface area (Å²) in [5, 5.41) is 16.6. The Labute approximate surface area is 134 Å². The molecule has 0 radical (unpaired) electrons. The van der Waals surface area contributed by atoms with Crippen LogP contribution in [0.1, 0.15) is 22.3 Å². The Balaban J connectivity index is 0.00000200. The van der Waals surface area contributed by atoms with Crippen molar-refractivity contribution >= 4 is 41.5 Å². The van der Waals surface area contributed by atoms with E-state index in [0.717, 1.165) is 12.1 Å². The first-order valence-electron chi connectivity index (χ1n) is 6.14. The van der Waals surface area contributed by atoms with Gasteiger partial charge >= 0.3 is 0 Å². The molecule has 1 aromatic carbocycles. The average Bonchev–Trinajstić information content (AvgIpc) is 2.38.